The number of hydrogen-bond acceptors (Lipinski definition) is 5. The molecule has 152 valence electrons. The molecule has 0 saturated carbocycles. The van der Waals surface area contributed by atoms with Crippen molar-refractivity contribution >= 4 is 15.8 Å². The summed E-state index contributed by atoms with van der Waals surface area (Å²) in [6.45, 7) is 1.72. The Bertz CT molecular complexity index is 1080. The van der Waals surface area contributed by atoms with Crippen molar-refractivity contribution < 1.29 is 26.3 Å². The first-order valence-corrected chi connectivity index (χ1v) is 9.83. The van der Waals surface area contributed by atoms with Gasteiger partial charge in [0, 0.05) is 12.4 Å². The van der Waals surface area contributed by atoms with E-state index in [9.17, 15) is 21.6 Å². The molecule has 0 saturated heterocycles. The summed E-state index contributed by atoms with van der Waals surface area (Å²) in [7, 11) is -3.92. The summed E-state index contributed by atoms with van der Waals surface area (Å²) in [6.07, 6.45) is -1.82. The molecule has 0 fully saturated rings. The minimum Gasteiger partial charge on any atom is -0.470 e. The second-order valence-corrected chi connectivity index (χ2v) is 7.79. The van der Waals surface area contributed by atoms with Gasteiger partial charge in [0.2, 0.25) is 5.82 Å². The Hall–Kier alpha value is -3.14. The number of hydrogen-bond donors (Lipinski definition) is 1. The van der Waals surface area contributed by atoms with Gasteiger partial charge < -0.3 is 4.74 Å². The van der Waals surface area contributed by atoms with Crippen molar-refractivity contribution in [1.29, 1.82) is 0 Å². The van der Waals surface area contributed by atoms with Crippen LogP contribution in [0.25, 0.3) is 0 Å². The van der Waals surface area contributed by atoms with E-state index in [-0.39, 0.29) is 23.2 Å². The third kappa shape index (κ3) is 5.23. The van der Waals surface area contributed by atoms with Gasteiger partial charge in [0.25, 0.3) is 15.9 Å². The highest BCUT2D eigenvalue weighted by molar-refractivity contribution is 7.92. The van der Waals surface area contributed by atoms with Gasteiger partial charge in [0.1, 0.15) is 6.61 Å². The Morgan fingerprint density at radius 1 is 0.966 bits per heavy atom. The van der Waals surface area contributed by atoms with Crippen LogP contribution in [0.5, 0.6) is 5.88 Å². The average molecular weight is 423 g/mol. The molecular formula is C19H16F3N3O3S. The van der Waals surface area contributed by atoms with E-state index in [0.29, 0.717) is 5.56 Å². The van der Waals surface area contributed by atoms with Gasteiger partial charge in [-0.1, -0.05) is 29.8 Å². The van der Waals surface area contributed by atoms with Gasteiger partial charge >= 0.3 is 6.18 Å². The molecule has 0 bridgehead atoms. The highest BCUT2D eigenvalue weighted by atomic mass is 32.2. The second-order valence-electron chi connectivity index (χ2n) is 6.11. The Balaban J connectivity index is 1.74. The van der Waals surface area contributed by atoms with E-state index in [2.05, 4.69) is 14.7 Å². The molecule has 3 aromatic rings. The van der Waals surface area contributed by atoms with Crippen LogP contribution in [0.2, 0.25) is 0 Å². The van der Waals surface area contributed by atoms with Crippen LogP contribution in [0, 0.1) is 6.92 Å². The van der Waals surface area contributed by atoms with Crippen LogP contribution in [0.3, 0.4) is 0 Å². The van der Waals surface area contributed by atoms with E-state index in [1.54, 1.807) is 12.1 Å². The first-order chi connectivity index (χ1) is 13.6. The molecular weight excluding hydrogens is 407 g/mol. The van der Waals surface area contributed by atoms with E-state index in [4.69, 9.17) is 4.74 Å². The van der Waals surface area contributed by atoms with E-state index >= 15 is 0 Å². The number of rotatable bonds is 6. The molecule has 1 N–H and O–H groups in total. The van der Waals surface area contributed by atoms with Crippen molar-refractivity contribution in [3.8, 4) is 5.88 Å². The number of sulfonamides is 1. The van der Waals surface area contributed by atoms with Crippen molar-refractivity contribution in [2.75, 3.05) is 4.72 Å². The van der Waals surface area contributed by atoms with Crippen molar-refractivity contribution in [3.63, 3.8) is 0 Å². The summed E-state index contributed by atoms with van der Waals surface area (Å²) in [5.74, 6) is -0.219. The number of aryl methyl sites for hydroxylation is 1. The molecule has 0 unspecified atom stereocenters. The third-order valence-corrected chi connectivity index (χ3v) is 5.24. The first-order valence-electron chi connectivity index (χ1n) is 8.34. The molecule has 0 aliphatic heterocycles. The van der Waals surface area contributed by atoms with Crippen molar-refractivity contribution in [3.05, 3.63) is 77.6 Å². The Labute approximate surface area is 165 Å². The van der Waals surface area contributed by atoms with E-state index in [0.717, 1.165) is 17.7 Å². The minimum atomic E-state index is -4.42. The normalized spacial score (nSPS) is 11.9. The molecule has 0 spiro atoms. The van der Waals surface area contributed by atoms with Crippen LogP contribution < -0.4 is 9.46 Å². The predicted octanol–water partition coefficient (Wildman–Crippen LogP) is 4.18. The zero-order valence-corrected chi connectivity index (χ0v) is 16.0. The van der Waals surface area contributed by atoms with Crippen molar-refractivity contribution in [2.45, 2.75) is 24.6 Å². The summed E-state index contributed by atoms with van der Waals surface area (Å²) in [5, 5.41) is 0. The number of ether oxygens (including phenoxy) is 1. The fourth-order valence-electron chi connectivity index (χ4n) is 2.35. The Morgan fingerprint density at radius 2 is 1.59 bits per heavy atom. The standard InChI is InChI=1S/C19H16F3N3O3S/c1-13-2-8-16(9-3-13)29(26,27)25-17-18(24-11-10-23-17)28-12-14-4-6-15(7-5-14)19(20,21)22/h2-11H,12H2,1H3,(H,23,25). The van der Waals surface area contributed by atoms with Gasteiger partial charge in [0.15, 0.2) is 0 Å². The third-order valence-electron chi connectivity index (χ3n) is 3.88. The summed E-state index contributed by atoms with van der Waals surface area (Å²) in [6, 6.07) is 10.7. The Morgan fingerprint density at radius 3 is 2.21 bits per heavy atom. The largest absolute Gasteiger partial charge is 0.470 e. The molecule has 6 nitrogen and oxygen atoms in total. The van der Waals surface area contributed by atoms with Gasteiger partial charge in [-0.15, -0.1) is 0 Å². The summed E-state index contributed by atoms with van der Waals surface area (Å²) in [5.41, 5.74) is 0.590. The first kappa shape index (κ1) is 20.6. The fraction of sp³-hybridized carbons (Fsp3) is 0.158. The van der Waals surface area contributed by atoms with Crippen LogP contribution in [-0.2, 0) is 22.8 Å². The fourth-order valence-corrected chi connectivity index (χ4v) is 3.35. The van der Waals surface area contributed by atoms with Crippen molar-refractivity contribution in [2.24, 2.45) is 0 Å². The highest BCUT2D eigenvalue weighted by Gasteiger charge is 2.30. The van der Waals surface area contributed by atoms with Gasteiger partial charge in [-0.2, -0.15) is 13.2 Å². The smallest absolute Gasteiger partial charge is 0.416 e. The maximum Gasteiger partial charge on any atom is 0.416 e. The van der Waals surface area contributed by atoms with Crippen LogP contribution in [0.4, 0.5) is 19.0 Å². The topological polar surface area (TPSA) is 81.2 Å². The van der Waals surface area contributed by atoms with Crippen molar-refractivity contribution in [1.82, 2.24) is 9.97 Å². The maximum absolute atomic E-state index is 12.6. The molecule has 10 heteroatoms. The summed E-state index contributed by atoms with van der Waals surface area (Å²) in [4.78, 5) is 7.93. The molecule has 0 aliphatic rings. The molecule has 0 aliphatic carbocycles. The highest BCUT2D eigenvalue weighted by Crippen LogP contribution is 2.29. The van der Waals surface area contributed by atoms with Crippen LogP contribution in [0.15, 0.2) is 65.8 Å². The monoisotopic (exact) mass is 423 g/mol. The van der Waals surface area contributed by atoms with Crippen LogP contribution in [-0.4, -0.2) is 18.4 Å². The molecule has 3 rings (SSSR count). The maximum atomic E-state index is 12.6. The zero-order valence-electron chi connectivity index (χ0n) is 15.1. The minimum absolute atomic E-state index is 0.0439. The zero-order chi connectivity index (χ0) is 21.1. The van der Waals surface area contributed by atoms with Crippen LogP contribution in [0.1, 0.15) is 16.7 Å². The van der Waals surface area contributed by atoms with E-state index < -0.39 is 21.8 Å². The molecule has 0 radical (unpaired) electrons. The van der Waals surface area contributed by atoms with Crippen LogP contribution >= 0.6 is 0 Å². The van der Waals surface area contributed by atoms with E-state index in [1.165, 1.54) is 36.7 Å². The molecule has 0 atom stereocenters. The Kier molecular flexibility index (Phi) is 5.73. The van der Waals surface area contributed by atoms with Gasteiger partial charge in [0.05, 0.1) is 10.5 Å². The lowest BCUT2D eigenvalue weighted by Crippen LogP contribution is -2.15. The quantitative estimate of drug-likeness (QED) is 0.643. The number of benzene rings is 2. The lowest BCUT2D eigenvalue weighted by Gasteiger charge is -2.12. The SMILES string of the molecule is Cc1ccc(S(=O)(=O)Nc2nccnc2OCc2ccc(C(F)(F)F)cc2)cc1. The lowest BCUT2D eigenvalue weighted by atomic mass is 10.1. The van der Waals surface area contributed by atoms with Gasteiger partial charge in [-0.25, -0.2) is 18.4 Å². The van der Waals surface area contributed by atoms with E-state index in [1.807, 2.05) is 6.92 Å². The predicted molar refractivity (Wildman–Crippen MR) is 99.8 cm³/mol. The molecule has 0 amide bonds. The van der Waals surface area contributed by atoms with Gasteiger partial charge in [-0.3, -0.25) is 4.72 Å². The molecule has 29 heavy (non-hydrogen) atoms. The lowest BCUT2D eigenvalue weighted by molar-refractivity contribution is -0.137. The number of halogens is 3. The second kappa shape index (κ2) is 8.08. The molecule has 1 aromatic heterocycles. The molecule has 1 heterocycles. The molecule has 2 aromatic carbocycles. The average Bonchev–Trinajstić information content (AvgIpc) is 2.67. The number of nitrogens with zero attached hydrogens (tertiary/aromatic N) is 2. The summed E-state index contributed by atoms with van der Waals surface area (Å²) >= 11 is 0. The van der Waals surface area contributed by atoms with Gasteiger partial charge in [-0.05, 0) is 36.8 Å². The number of nitrogens with one attached hydrogen (secondary N) is 1. The number of aromatic nitrogens is 2. The number of anilines is 1. The summed E-state index contributed by atoms with van der Waals surface area (Å²) < 4.78 is 70.7. The number of alkyl halides is 3.